The van der Waals surface area contributed by atoms with Crippen LogP contribution in [0, 0.1) is 5.92 Å². The molecule has 0 radical (unpaired) electrons. The molecule has 1 amide bonds. The van der Waals surface area contributed by atoms with Crippen LogP contribution in [0.4, 0.5) is 13.2 Å². The summed E-state index contributed by atoms with van der Waals surface area (Å²) in [5.74, 6) is 0.265. The van der Waals surface area contributed by atoms with Crippen molar-refractivity contribution in [2.75, 3.05) is 13.1 Å². The van der Waals surface area contributed by atoms with Gasteiger partial charge in [-0.3, -0.25) is 4.79 Å². The second-order valence-electron chi connectivity index (χ2n) is 5.59. The van der Waals surface area contributed by atoms with Crippen molar-refractivity contribution in [3.63, 3.8) is 0 Å². The van der Waals surface area contributed by atoms with Gasteiger partial charge in [-0.15, -0.1) is 12.4 Å². The zero-order valence-corrected chi connectivity index (χ0v) is 13.1. The molecule has 3 nitrogen and oxygen atoms in total. The van der Waals surface area contributed by atoms with Gasteiger partial charge in [0.05, 0.1) is 5.56 Å². The van der Waals surface area contributed by atoms with Crippen LogP contribution >= 0.6 is 12.4 Å². The summed E-state index contributed by atoms with van der Waals surface area (Å²) >= 11 is 0. The van der Waals surface area contributed by atoms with Gasteiger partial charge in [-0.1, -0.05) is 6.92 Å². The maximum Gasteiger partial charge on any atom is 0.416 e. The minimum atomic E-state index is -4.39. The molecular formula is C15H20ClF3N2O. The van der Waals surface area contributed by atoms with Gasteiger partial charge in [0.1, 0.15) is 0 Å². The topological polar surface area (TPSA) is 46.3 Å². The van der Waals surface area contributed by atoms with Crippen molar-refractivity contribution in [2.45, 2.75) is 32.0 Å². The third-order valence-corrected chi connectivity index (χ3v) is 3.97. The molecule has 0 saturated carbocycles. The Bertz CT molecular complexity index is 505. The Balaban J connectivity index is 0.00000242. The zero-order chi connectivity index (χ0) is 15.6. The molecular weight excluding hydrogens is 317 g/mol. The van der Waals surface area contributed by atoms with E-state index in [4.69, 9.17) is 5.73 Å². The normalized spacial score (nSPS) is 22.1. The molecule has 0 bridgehead atoms. The summed E-state index contributed by atoms with van der Waals surface area (Å²) in [5.41, 5.74) is 5.24. The van der Waals surface area contributed by atoms with Gasteiger partial charge >= 0.3 is 6.18 Å². The fourth-order valence-corrected chi connectivity index (χ4v) is 2.71. The molecule has 2 atom stereocenters. The van der Waals surface area contributed by atoms with E-state index < -0.39 is 11.7 Å². The second-order valence-corrected chi connectivity index (χ2v) is 5.59. The predicted molar refractivity (Wildman–Crippen MR) is 81.0 cm³/mol. The summed E-state index contributed by atoms with van der Waals surface area (Å²) in [7, 11) is 0. The first-order valence-electron chi connectivity index (χ1n) is 7.01. The van der Waals surface area contributed by atoms with Crippen molar-refractivity contribution in [2.24, 2.45) is 11.7 Å². The number of nitrogens with two attached hydrogens (primary N) is 1. The van der Waals surface area contributed by atoms with Crippen LogP contribution in [0.2, 0.25) is 0 Å². The summed E-state index contributed by atoms with van der Waals surface area (Å²) < 4.78 is 37.6. The van der Waals surface area contributed by atoms with Crippen LogP contribution in [-0.4, -0.2) is 29.9 Å². The smallest absolute Gasteiger partial charge is 0.334 e. The largest absolute Gasteiger partial charge is 0.416 e. The van der Waals surface area contributed by atoms with Crippen LogP contribution in [0.3, 0.4) is 0 Å². The summed E-state index contributed by atoms with van der Waals surface area (Å²) in [5, 5.41) is 0. The van der Waals surface area contributed by atoms with Gasteiger partial charge in [-0.05, 0) is 43.0 Å². The molecule has 0 aliphatic carbocycles. The van der Waals surface area contributed by atoms with E-state index in [1.807, 2.05) is 0 Å². The van der Waals surface area contributed by atoms with E-state index in [0.29, 0.717) is 19.0 Å². The van der Waals surface area contributed by atoms with Crippen LogP contribution in [0.5, 0.6) is 0 Å². The molecule has 2 rings (SSSR count). The molecule has 1 aromatic rings. The second kappa shape index (κ2) is 7.33. The minimum Gasteiger partial charge on any atom is -0.334 e. The van der Waals surface area contributed by atoms with E-state index in [2.05, 4.69) is 6.92 Å². The van der Waals surface area contributed by atoms with E-state index in [1.165, 1.54) is 12.1 Å². The van der Waals surface area contributed by atoms with Crippen LogP contribution in [0.1, 0.15) is 35.7 Å². The molecule has 124 valence electrons. The molecule has 0 aromatic heterocycles. The fraction of sp³-hybridized carbons (Fsp3) is 0.533. The lowest BCUT2D eigenvalue weighted by atomic mass is 9.92. The zero-order valence-electron chi connectivity index (χ0n) is 12.3. The third kappa shape index (κ3) is 4.14. The van der Waals surface area contributed by atoms with E-state index >= 15 is 0 Å². The Labute approximate surface area is 134 Å². The van der Waals surface area contributed by atoms with Crippen molar-refractivity contribution < 1.29 is 18.0 Å². The van der Waals surface area contributed by atoms with Crippen LogP contribution in [-0.2, 0) is 6.18 Å². The molecule has 1 aliphatic heterocycles. The number of rotatable bonds is 2. The van der Waals surface area contributed by atoms with Gasteiger partial charge < -0.3 is 10.6 Å². The van der Waals surface area contributed by atoms with Gasteiger partial charge in [-0.2, -0.15) is 13.2 Å². The first-order valence-corrected chi connectivity index (χ1v) is 7.01. The van der Waals surface area contributed by atoms with Gasteiger partial charge in [0.25, 0.3) is 5.91 Å². The van der Waals surface area contributed by atoms with E-state index in [1.54, 1.807) is 4.90 Å². The number of carbonyl (C=O) groups excluding carboxylic acids is 1. The average molecular weight is 337 g/mol. The lowest BCUT2D eigenvalue weighted by Crippen LogP contribution is -2.49. The van der Waals surface area contributed by atoms with Crippen molar-refractivity contribution in [3.8, 4) is 0 Å². The Morgan fingerprint density at radius 1 is 1.32 bits per heavy atom. The van der Waals surface area contributed by atoms with Crippen molar-refractivity contribution >= 4 is 18.3 Å². The Morgan fingerprint density at radius 2 is 1.91 bits per heavy atom. The SMILES string of the molecule is CC1CCN(C(=O)c2ccc(C(F)(F)F)cc2)C(CN)C1.Cl. The first-order chi connectivity index (χ1) is 9.82. The molecule has 1 heterocycles. The number of nitrogens with zero attached hydrogens (tertiary/aromatic N) is 1. The summed E-state index contributed by atoms with van der Waals surface area (Å²) in [6.45, 7) is 3.09. The number of likely N-dealkylation sites (tertiary alicyclic amines) is 1. The lowest BCUT2D eigenvalue weighted by molar-refractivity contribution is -0.137. The summed E-state index contributed by atoms with van der Waals surface area (Å²) in [4.78, 5) is 14.1. The van der Waals surface area contributed by atoms with Crippen molar-refractivity contribution in [3.05, 3.63) is 35.4 Å². The number of carbonyl (C=O) groups is 1. The van der Waals surface area contributed by atoms with Gasteiger partial charge in [0.15, 0.2) is 0 Å². The number of alkyl halides is 3. The molecule has 7 heteroatoms. The molecule has 1 aliphatic rings. The highest BCUT2D eigenvalue weighted by Crippen LogP contribution is 2.30. The number of amides is 1. The van der Waals surface area contributed by atoms with Crippen LogP contribution in [0.15, 0.2) is 24.3 Å². The molecule has 1 saturated heterocycles. The Morgan fingerprint density at radius 3 is 2.41 bits per heavy atom. The Hall–Kier alpha value is -1.27. The molecule has 2 unspecified atom stereocenters. The molecule has 1 aromatic carbocycles. The fourth-order valence-electron chi connectivity index (χ4n) is 2.71. The molecule has 2 N–H and O–H groups in total. The highest BCUT2D eigenvalue weighted by Gasteiger charge is 2.32. The van der Waals surface area contributed by atoms with E-state index in [0.717, 1.165) is 25.0 Å². The van der Waals surface area contributed by atoms with Crippen molar-refractivity contribution in [1.82, 2.24) is 4.90 Å². The standard InChI is InChI=1S/C15H19F3N2O.ClH/c1-10-6-7-20(13(8-10)9-19)14(21)11-2-4-12(5-3-11)15(16,17)18;/h2-5,10,13H,6-9,19H2,1H3;1H. The van der Waals surface area contributed by atoms with Crippen LogP contribution in [0.25, 0.3) is 0 Å². The van der Waals surface area contributed by atoms with E-state index in [9.17, 15) is 18.0 Å². The highest BCUT2D eigenvalue weighted by molar-refractivity contribution is 5.94. The van der Waals surface area contributed by atoms with Gasteiger partial charge in [-0.25, -0.2) is 0 Å². The number of benzene rings is 1. The quantitative estimate of drug-likeness (QED) is 0.900. The summed E-state index contributed by atoms with van der Waals surface area (Å²) in [6, 6.07) is 4.31. The molecule has 22 heavy (non-hydrogen) atoms. The number of hydrogen-bond acceptors (Lipinski definition) is 2. The predicted octanol–water partition coefficient (Wildman–Crippen LogP) is 3.33. The average Bonchev–Trinajstić information content (AvgIpc) is 2.45. The van der Waals surface area contributed by atoms with Gasteiger partial charge in [0, 0.05) is 24.7 Å². The number of piperidine rings is 1. The molecule has 0 spiro atoms. The monoisotopic (exact) mass is 336 g/mol. The number of hydrogen-bond donors (Lipinski definition) is 1. The maximum absolute atomic E-state index is 12.5. The first kappa shape index (κ1) is 18.8. The number of halogens is 4. The van der Waals surface area contributed by atoms with Crippen LogP contribution < -0.4 is 5.73 Å². The minimum absolute atomic E-state index is 0. The van der Waals surface area contributed by atoms with E-state index in [-0.39, 0.29) is 29.9 Å². The highest BCUT2D eigenvalue weighted by atomic mass is 35.5. The summed E-state index contributed by atoms with van der Waals surface area (Å²) in [6.07, 6.45) is -2.66. The third-order valence-electron chi connectivity index (χ3n) is 3.97. The maximum atomic E-state index is 12.5. The molecule has 1 fully saturated rings. The Kier molecular flexibility index (Phi) is 6.26. The van der Waals surface area contributed by atoms with Gasteiger partial charge in [0.2, 0.25) is 0 Å². The van der Waals surface area contributed by atoms with Crippen molar-refractivity contribution in [1.29, 1.82) is 0 Å². The lowest BCUT2D eigenvalue weighted by Gasteiger charge is -2.38.